The Labute approximate surface area is 163 Å². The van der Waals surface area contributed by atoms with E-state index in [1.165, 1.54) is 12.1 Å². The van der Waals surface area contributed by atoms with Gasteiger partial charge in [0, 0.05) is 35.8 Å². The molecular weight excluding hydrogens is 357 g/mol. The Balaban J connectivity index is 1.69. The fourth-order valence-electron chi connectivity index (χ4n) is 2.96. The number of halogens is 1. The number of carbonyl (C=O) groups is 2. The van der Waals surface area contributed by atoms with Crippen LogP contribution in [0.15, 0.2) is 48.5 Å². The Hall–Kier alpha value is -3.28. The summed E-state index contributed by atoms with van der Waals surface area (Å²) in [4.78, 5) is 28.6. The van der Waals surface area contributed by atoms with Crippen LogP contribution in [0.2, 0.25) is 0 Å². The number of hydrogen-bond acceptors (Lipinski definition) is 3. The van der Waals surface area contributed by atoms with E-state index in [4.69, 9.17) is 0 Å². The SMILES string of the molecule is CCCC(=O)Nc1ccc(CNC(=O)c2cc(C)nc3cc(F)ccc23)cc1. The lowest BCUT2D eigenvalue weighted by molar-refractivity contribution is -0.116. The molecule has 0 atom stereocenters. The molecule has 3 rings (SSSR count). The van der Waals surface area contributed by atoms with E-state index >= 15 is 0 Å². The molecule has 0 saturated heterocycles. The maximum atomic E-state index is 13.5. The highest BCUT2D eigenvalue weighted by atomic mass is 19.1. The van der Waals surface area contributed by atoms with E-state index in [0.29, 0.717) is 35.1 Å². The van der Waals surface area contributed by atoms with Crippen LogP contribution in [-0.2, 0) is 11.3 Å². The van der Waals surface area contributed by atoms with Crippen molar-refractivity contribution in [2.75, 3.05) is 5.32 Å². The van der Waals surface area contributed by atoms with Gasteiger partial charge in [0.2, 0.25) is 5.91 Å². The highest BCUT2D eigenvalue weighted by molar-refractivity contribution is 6.06. The summed E-state index contributed by atoms with van der Waals surface area (Å²) < 4.78 is 13.5. The summed E-state index contributed by atoms with van der Waals surface area (Å²) >= 11 is 0. The number of carbonyl (C=O) groups excluding carboxylic acids is 2. The standard InChI is InChI=1S/C22H22FN3O2/c1-3-4-21(27)26-17-8-5-15(6-9-17)13-24-22(28)19-11-14(2)25-20-12-16(23)7-10-18(19)20/h5-12H,3-4,13H2,1-2H3,(H,24,28)(H,26,27). The van der Waals surface area contributed by atoms with E-state index in [0.717, 1.165) is 17.7 Å². The third-order valence-electron chi connectivity index (χ3n) is 4.31. The number of amides is 2. The molecule has 0 spiro atoms. The Kier molecular flexibility index (Phi) is 5.99. The number of benzene rings is 2. The monoisotopic (exact) mass is 379 g/mol. The second-order valence-electron chi connectivity index (χ2n) is 6.65. The fourth-order valence-corrected chi connectivity index (χ4v) is 2.96. The Morgan fingerprint density at radius 3 is 2.54 bits per heavy atom. The van der Waals surface area contributed by atoms with Gasteiger partial charge in [-0.1, -0.05) is 19.1 Å². The molecule has 2 N–H and O–H groups in total. The largest absolute Gasteiger partial charge is 0.348 e. The predicted octanol–water partition coefficient (Wildman–Crippen LogP) is 4.35. The van der Waals surface area contributed by atoms with Gasteiger partial charge in [-0.15, -0.1) is 0 Å². The van der Waals surface area contributed by atoms with Crippen molar-refractivity contribution in [2.24, 2.45) is 0 Å². The van der Waals surface area contributed by atoms with Gasteiger partial charge in [0.1, 0.15) is 5.82 Å². The molecule has 1 aromatic heterocycles. The second kappa shape index (κ2) is 8.61. The van der Waals surface area contributed by atoms with Gasteiger partial charge in [-0.3, -0.25) is 14.6 Å². The number of fused-ring (bicyclic) bond motifs is 1. The van der Waals surface area contributed by atoms with Crippen LogP contribution < -0.4 is 10.6 Å². The number of pyridine rings is 1. The van der Waals surface area contributed by atoms with E-state index in [-0.39, 0.29) is 17.6 Å². The molecule has 6 heteroatoms. The minimum absolute atomic E-state index is 0.0140. The van der Waals surface area contributed by atoms with Gasteiger partial charge in [-0.05, 0) is 49.2 Å². The fraction of sp³-hybridized carbons (Fsp3) is 0.227. The Morgan fingerprint density at radius 1 is 1.07 bits per heavy atom. The molecule has 28 heavy (non-hydrogen) atoms. The quantitative estimate of drug-likeness (QED) is 0.669. The maximum Gasteiger partial charge on any atom is 0.252 e. The first-order valence-electron chi connectivity index (χ1n) is 9.20. The van der Waals surface area contributed by atoms with Crippen LogP contribution in [0.1, 0.15) is 41.4 Å². The molecule has 2 aromatic carbocycles. The molecule has 0 bridgehead atoms. The van der Waals surface area contributed by atoms with Gasteiger partial charge in [0.15, 0.2) is 0 Å². The first-order valence-corrected chi connectivity index (χ1v) is 9.20. The van der Waals surface area contributed by atoms with E-state index in [1.54, 1.807) is 19.1 Å². The Bertz CT molecular complexity index is 1010. The summed E-state index contributed by atoms with van der Waals surface area (Å²) in [6, 6.07) is 13.2. The minimum atomic E-state index is -0.386. The van der Waals surface area contributed by atoms with Gasteiger partial charge in [0.25, 0.3) is 5.91 Å². The minimum Gasteiger partial charge on any atom is -0.348 e. The molecule has 0 unspecified atom stereocenters. The molecule has 3 aromatic rings. The van der Waals surface area contributed by atoms with Crippen molar-refractivity contribution in [3.05, 3.63) is 71.2 Å². The van der Waals surface area contributed by atoms with E-state index in [2.05, 4.69) is 15.6 Å². The molecule has 5 nitrogen and oxygen atoms in total. The summed E-state index contributed by atoms with van der Waals surface area (Å²) in [7, 11) is 0. The first-order chi connectivity index (χ1) is 13.5. The van der Waals surface area contributed by atoms with Crippen LogP contribution in [-0.4, -0.2) is 16.8 Å². The normalized spacial score (nSPS) is 10.7. The highest BCUT2D eigenvalue weighted by Gasteiger charge is 2.12. The molecule has 0 aliphatic heterocycles. The molecule has 0 fully saturated rings. The smallest absolute Gasteiger partial charge is 0.252 e. The number of anilines is 1. The zero-order chi connectivity index (χ0) is 20.1. The van der Waals surface area contributed by atoms with Gasteiger partial charge in [-0.25, -0.2) is 4.39 Å². The molecule has 0 radical (unpaired) electrons. The molecule has 1 heterocycles. The van der Waals surface area contributed by atoms with E-state index in [9.17, 15) is 14.0 Å². The summed E-state index contributed by atoms with van der Waals surface area (Å²) in [6.07, 6.45) is 1.28. The van der Waals surface area contributed by atoms with Gasteiger partial charge in [0.05, 0.1) is 11.1 Å². The van der Waals surface area contributed by atoms with Gasteiger partial charge in [-0.2, -0.15) is 0 Å². The molecule has 0 saturated carbocycles. The van der Waals surface area contributed by atoms with Crippen molar-refractivity contribution in [3.63, 3.8) is 0 Å². The number of nitrogens with zero attached hydrogens (tertiary/aromatic N) is 1. The lowest BCUT2D eigenvalue weighted by atomic mass is 10.1. The van der Waals surface area contributed by atoms with Crippen LogP contribution in [0.25, 0.3) is 10.9 Å². The number of aryl methyl sites for hydroxylation is 1. The van der Waals surface area contributed by atoms with Crippen molar-refractivity contribution in [3.8, 4) is 0 Å². The summed E-state index contributed by atoms with van der Waals surface area (Å²) in [5.41, 5.74) is 3.20. The lowest BCUT2D eigenvalue weighted by Gasteiger charge is -2.10. The van der Waals surface area contributed by atoms with Crippen molar-refractivity contribution in [1.29, 1.82) is 0 Å². The van der Waals surface area contributed by atoms with Crippen LogP contribution in [0.5, 0.6) is 0 Å². The van der Waals surface area contributed by atoms with E-state index < -0.39 is 0 Å². The van der Waals surface area contributed by atoms with Crippen LogP contribution in [0.4, 0.5) is 10.1 Å². The van der Waals surface area contributed by atoms with Crippen molar-refractivity contribution < 1.29 is 14.0 Å². The average molecular weight is 379 g/mol. The van der Waals surface area contributed by atoms with Crippen LogP contribution in [0, 0.1) is 12.7 Å². The summed E-state index contributed by atoms with van der Waals surface area (Å²) in [6.45, 7) is 4.06. The molecule has 0 aliphatic rings. The van der Waals surface area contributed by atoms with Gasteiger partial charge >= 0.3 is 0 Å². The number of aromatic nitrogens is 1. The average Bonchev–Trinajstić information content (AvgIpc) is 2.66. The summed E-state index contributed by atoms with van der Waals surface area (Å²) in [5, 5.41) is 6.32. The molecule has 144 valence electrons. The van der Waals surface area contributed by atoms with Crippen molar-refractivity contribution >= 4 is 28.4 Å². The first kappa shape index (κ1) is 19.5. The van der Waals surface area contributed by atoms with Crippen molar-refractivity contribution in [1.82, 2.24) is 10.3 Å². The molecule has 0 aliphatic carbocycles. The second-order valence-corrected chi connectivity index (χ2v) is 6.65. The maximum absolute atomic E-state index is 13.5. The topological polar surface area (TPSA) is 71.1 Å². The van der Waals surface area contributed by atoms with E-state index in [1.807, 2.05) is 31.2 Å². The molecule has 2 amide bonds. The highest BCUT2D eigenvalue weighted by Crippen LogP contribution is 2.20. The molecular formula is C22H22FN3O2. The number of hydrogen-bond donors (Lipinski definition) is 2. The number of nitrogens with one attached hydrogen (secondary N) is 2. The van der Waals surface area contributed by atoms with Gasteiger partial charge < -0.3 is 10.6 Å². The zero-order valence-electron chi connectivity index (χ0n) is 15.9. The third kappa shape index (κ3) is 4.71. The summed E-state index contributed by atoms with van der Waals surface area (Å²) in [5.74, 6) is -0.648. The van der Waals surface area contributed by atoms with Crippen LogP contribution >= 0.6 is 0 Å². The Morgan fingerprint density at radius 2 is 1.82 bits per heavy atom. The van der Waals surface area contributed by atoms with Crippen molar-refractivity contribution in [2.45, 2.75) is 33.2 Å². The lowest BCUT2D eigenvalue weighted by Crippen LogP contribution is -2.23. The van der Waals surface area contributed by atoms with Crippen LogP contribution in [0.3, 0.4) is 0 Å². The predicted molar refractivity (Wildman–Crippen MR) is 108 cm³/mol. The third-order valence-corrected chi connectivity index (χ3v) is 4.31. The number of rotatable bonds is 6. The zero-order valence-corrected chi connectivity index (χ0v) is 15.9.